The maximum Gasteiger partial charge on any atom is 0.0341 e. The summed E-state index contributed by atoms with van der Waals surface area (Å²) in [5, 5.41) is 0. The van der Waals surface area contributed by atoms with E-state index in [-0.39, 0.29) is 0 Å². The van der Waals surface area contributed by atoms with Gasteiger partial charge in [0, 0.05) is 3.92 Å². The Kier molecular flexibility index (Phi) is 2.56. The van der Waals surface area contributed by atoms with Crippen LogP contribution in [-0.2, 0) is 0 Å². The maximum atomic E-state index is 4.04. The van der Waals surface area contributed by atoms with E-state index in [1.165, 1.54) is 24.8 Å². The van der Waals surface area contributed by atoms with Gasteiger partial charge in [-0.15, -0.1) is 0 Å². The predicted octanol–water partition coefficient (Wildman–Crippen LogP) is 3.17. The third-order valence-corrected chi connectivity index (χ3v) is 4.16. The number of halogens is 1. The zero-order valence-corrected chi connectivity index (χ0v) is 8.02. The SMILES string of the molecule is C=C1CCCC(C)C1I. The van der Waals surface area contributed by atoms with Crippen LogP contribution in [0.15, 0.2) is 12.2 Å². The van der Waals surface area contributed by atoms with Gasteiger partial charge in [-0.2, -0.15) is 0 Å². The highest BCUT2D eigenvalue weighted by atomic mass is 127. The second-order valence-corrected chi connectivity index (χ2v) is 4.27. The predicted molar refractivity (Wildman–Crippen MR) is 50.0 cm³/mol. The molecule has 1 rings (SSSR count). The van der Waals surface area contributed by atoms with Gasteiger partial charge in [0.25, 0.3) is 0 Å². The molecule has 2 atom stereocenters. The summed E-state index contributed by atoms with van der Waals surface area (Å²) in [6.07, 6.45) is 4.02. The molecule has 0 radical (unpaired) electrons. The normalized spacial score (nSPS) is 36.9. The fraction of sp³-hybridized carbons (Fsp3) is 0.750. The van der Waals surface area contributed by atoms with Crippen LogP contribution in [0.5, 0.6) is 0 Å². The van der Waals surface area contributed by atoms with E-state index in [1.54, 1.807) is 0 Å². The summed E-state index contributed by atoms with van der Waals surface area (Å²) < 4.78 is 0.747. The topological polar surface area (TPSA) is 0 Å². The van der Waals surface area contributed by atoms with Crippen molar-refractivity contribution in [1.29, 1.82) is 0 Å². The van der Waals surface area contributed by atoms with Crippen molar-refractivity contribution in [3.63, 3.8) is 0 Å². The van der Waals surface area contributed by atoms with E-state index in [0.717, 1.165) is 9.84 Å². The van der Waals surface area contributed by atoms with E-state index in [4.69, 9.17) is 0 Å². The first kappa shape index (κ1) is 7.58. The molecule has 0 spiro atoms. The highest BCUT2D eigenvalue weighted by Crippen LogP contribution is 2.32. The van der Waals surface area contributed by atoms with Crippen LogP contribution in [0.1, 0.15) is 26.2 Å². The first-order chi connectivity index (χ1) is 4.22. The number of alkyl halides is 1. The number of hydrogen-bond donors (Lipinski definition) is 0. The lowest BCUT2D eigenvalue weighted by atomic mass is 9.88. The van der Waals surface area contributed by atoms with Crippen molar-refractivity contribution in [2.45, 2.75) is 30.1 Å². The highest BCUT2D eigenvalue weighted by Gasteiger charge is 2.20. The Hall–Kier alpha value is 0.470. The standard InChI is InChI=1S/C8H13I/c1-6-4-3-5-7(2)8(6)9/h7-8H,1,3-5H2,2H3. The molecule has 1 fully saturated rings. The van der Waals surface area contributed by atoms with Gasteiger partial charge in [0.15, 0.2) is 0 Å². The fourth-order valence-corrected chi connectivity index (χ4v) is 2.01. The van der Waals surface area contributed by atoms with Gasteiger partial charge in [-0.3, -0.25) is 0 Å². The lowest BCUT2D eigenvalue weighted by molar-refractivity contribution is 0.475. The van der Waals surface area contributed by atoms with Crippen molar-refractivity contribution < 1.29 is 0 Å². The van der Waals surface area contributed by atoms with Gasteiger partial charge < -0.3 is 0 Å². The van der Waals surface area contributed by atoms with Crippen molar-refractivity contribution in [2.75, 3.05) is 0 Å². The largest absolute Gasteiger partial charge is 0.0988 e. The van der Waals surface area contributed by atoms with Gasteiger partial charge in [0.2, 0.25) is 0 Å². The van der Waals surface area contributed by atoms with Crippen LogP contribution in [0.25, 0.3) is 0 Å². The molecule has 1 saturated carbocycles. The second kappa shape index (κ2) is 3.04. The molecule has 0 aromatic rings. The van der Waals surface area contributed by atoms with E-state index in [2.05, 4.69) is 36.1 Å². The lowest BCUT2D eigenvalue weighted by Gasteiger charge is -2.25. The van der Waals surface area contributed by atoms with Crippen LogP contribution >= 0.6 is 22.6 Å². The Morgan fingerprint density at radius 3 is 2.78 bits per heavy atom. The molecule has 1 aliphatic rings. The molecule has 52 valence electrons. The minimum Gasteiger partial charge on any atom is -0.0988 e. The zero-order chi connectivity index (χ0) is 6.85. The average molecular weight is 236 g/mol. The van der Waals surface area contributed by atoms with Crippen molar-refractivity contribution in [3.8, 4) is 0 Å². The Morgan fingerprint density at radius 2 is 2.33 bits per heavy atom. The molecule has 0 nitrogen and oxygen atoms in total. The van der Waals surface area contributed by atoms with E-state index in [0.29, 0.717) is 0 Å². The molecule has 0 saturated heterocycles. The van der Waals surface area contributed by atoms with Crippen LogP contribution in [-0.4, -0.2) is 3.92 Å². The molecule has 0 heterocycles. The molecular weight excluding hydrogens is 223 g/mol. The highest BCUT2D eigenvalue weighted by molar-refractivity contribution is 14.1. The van der Waals surface area contributed by atoms with Crippen LogP contribution < -0.4 is 0 Å². The summed E-state index contributed by atoms with van der Waals surface area (Å²) in [6.45, 7) is 6.36. The number of allylic oxidation sites excluding steroid dienone is 1. The van der Waals surface area contributed by atoms with Gasteiger partial charge in [-0.1, -0.05) is 41.7 Å². The van der Waals surface area contributed by atoms with E-state index in [9.17, 15) is 0 Å². The second-order valence-electron chi connectivity index (χ2n) is 2.93. The van der Waals surface area contributed by atoms with Crippen LogP contribution in [0.2, 0.25) is 0 Å². The summed E-state index contributed by atoms with van der Waals surface area (Å²) in [4.78, 5) is 0. The Balaban J connectivity index is 2.51. The van der Waals surface area contributed by atoms with Crippen molar-refractivity contribution in [1.82, 2.24) is 0 Å². The Bertz CT molecular complexity index is 118. The molecule has 0 aromatic heterocycles. The summed E-state index contributed by atoms with van der Waals surface area (Å²) in [7, 11) is 0. The molecule has 9 heavy (non-hydrogen) atoms. The van der Waals surface area contributed by atoms with Crippen molar-refractivity contribution >= 4 is 22.6 Å². The summed E-state index contributed by atoms with van der Waals surface area (Å²) >= 11 is 2.51. The molecule has 2 unspecified atom stereocenters. The summed E-state index contributed by atoms with van der Waals surface area (Å²) in [5.74, 6) is 0.867. The van der Waals surface area contributed by atoms with Crippen LogP contribution in [0, 0.1) is 5.92 Å². The van der Waals surface area contributed by atoms with E-state index >= 15 is 0 Å². The maximum absolute atomic E-state index is 4.04. The third-order valence-electron chi connectivity index (χ3n) is 2.05. The number of hydrogen-bond acceptors (Lipinski definition) is 0. The molecule has 0 bridgehead atoms. The molecular formula is C8H13I. The smallest absolute Gasteiger partial charge is 0.0341 e. The third kappa shape index (κ3) is 1.69. The van der Waals surface area contributed by atoms with Gasteiger partial charge >= 0.3 is 0 Å². The number of rotatable bonds is 0. The first-order valence-electron chi connectivity index (χ1n) is 3.53. The van der Waals surface area contributed by atoms with Crippen LogP contribution in [0.4, 0.5) is 0 Å². The first-order valence-corrected chi connectivity index (χ1v) is 4.78. The molecule has 1 aliphatic carbocycles. The molecule has 0 N–H and O–H groups in total. The Morgan fingerprint density at radius 1 is 1.67 bits per heavy atom. The summed E-state index contributed by atoms with van der Waals surface area (Å²) in [6, 6.07) is 0. The van der Waals surface area contributed by atoms with E-state index < -0.39 is 0 Å². The van der Waals surface area contributed by atoms with E-state index in [1.807, 2.05) is 0 Å². The molecule has 0 amide bonds. The van der Waals surface area contributed by atoms with Gasteiger partial charge in [-0.05, 0) is 25.2 Å². The van der Waals surface area contributed by atoms with Gasteiger partial charge in [0.1, 0.15) is 0 Å². The summed E-state index contributed by atoms with van der Waals surface area (Å²) in [5.41, 5.74) is 1.45. The van der Waals surface area contributed by atoms with Crippen molar-refractivity contribution in [3.05, 3.63) is 12.2 Å². The van der Waals surface area contributed by atoms with Crippen LogP contribution in [0.3, 0.4) is 0 Å². The molecule has 1 heteroatoms. The zero-order valence-electron chi connectivity index (χ0n) is 5.86. The fourth-order valence-electron chi connectivity index (χ4n) is 1.34. The minimum absolute atomic E-state index is 0.747. The average Bonchev–Trinajstić information content (AvgIpc) is 1.83. The Labute approximate surface area is 70.9 Å². The van der Waals surface area contributed by atoms with Gasteiger partial charge in [0.05, 0.1) is 0 Å². The quantitative estimate of drug-likeness (QED) is 0.344. The molecule has 0 aliphatic heterocycles. The van der Waals surface area contributed by atoms with Gasteiger partial charge in [-0.25, -0.2) is 0 Å². The minimum atomic E-state index is 0.747. The molecule has 0 aromatic carbocycles. The monoisotopic (exact) mass is 236 g/mol. The lowest BCUT2D eigenvalue weighted by Crippen LogP contribution is -2.17. The van der Waals surface area contributed by atoms with Crippen molar-refractivity contribution in [2.24, 2.45) is 5.92 Å².